The van der Waals surface area contributed by atoms with Crippen LogP contribution < -0.4 is 11.1 Å². The second-order valence-corrected chi connectivity index (χ2v) is 6.30. The molecule has 8 heteroatoms. The van der Waals surface area contributed by atoms with Gasteiger partial charge in [-0.15, -0.1) is 12.4 Å². The molecule has 6 nitrogen and oxygen atoms in total. The first-order valence-corrected chi connectivity index (χ1v) is 8.56. The van der Waals surface area contributed by atoms with Crippen LogP contribution in [0.1, 0.15) is 24.8 Å². The van der Waals surface area contributed by atoms with Gasteiger partial charge in [0.15, 0.2) is 0 Å². The number of amides is 2. The maximum absolute atomic E-state index is 12.9. The van der Waals surface area contributed by atoms with Crippen molar-refractivity contribution in [1.82, 2.24) is 10.2 Å². The molecule has 0 bridgehead atoms. The number of nitrogens with zero attached hydrogens (tertiary/aromatic N) is 1. The smallest absolute Gasteiger partial charge is 0.225 e. The summed E-state index contributed by atoms with van der Waals surface area (Å²) < 4.78 is 18.0. The van der Waals surface area contributed by atoms with Crippen molar-refractivity contribution in [3.05, 3.63) is 35.6 Å². The number of hydrogen-bond donors (Lipinski definition) is 2. The van der Waals surface area contributed by atoms with Crippen LogP contribution in [-0.4, -0.2) is 49.6 Å². The number of carbonyl (C=O) groups excluding carboxylic acids is 2. The monoisotopic (exact) mass is 387 g/mol. The molecule has 0 spiro atoms. The van der Waals surface area contributed by atoms with Gasteiger partial charge in [-0.3, -0.25) is 9.59 Å². The highest BCUT2D eigenvalue weighted by Gasteiger charge is 2.28. The van der Waals surface area contributed by atoms with Crippen LogP contribution in [0.4, 0.5) is 4.39 Å². The number of rotatable bonds is 7. The van der Waals surface area contributed by atoms with Gasteiger partial charge in [0.1, 0.15) is 5.82 Å². The van der Waals surface area contributed by atoms with Crippen LogP contribution >= 0.6 is 12.4 Å². The number of nitrogens with one attached hydrogen (secondary N) is 1. The number of hydrogen-bond acceptors (Lipinski definition) is 4. The molecule has 1 saturated heterocycles. The molecular weight excluding hydrogens is 361 g/mol. The van der Waals surface area contributed by atoms with Crippen molar-refractivity contribution in [1.29, 1.82) is 0 Å². The lowest BCUT2D eigenvalue weighted by Gasteiger charge is -2.32. The fourth-order valence-corrected chi connectivity index (χ4v) is 2.91. The summed E-state index contributed by atoms with van der Waals surface area (Å²) in [4.78, 5) is 26.2. The van der Waals surface area contributed by atoms with Crippen LogP contribution in [-0.2, 0) is 20.9 Å². The van der Waals surface area contributed by atoms with Gasteiger partial charge >= 0.3 is 0 Å². The Labute approximate surface area is 159 Å². The van der Waals surface area contributed by atoms with E-state index in [0.29, 0.717) is 39.0 Å². The highest BCUT2D eigenvalue weighted by molar-refractivity contribution is 5.85. The van der Waals surface area contributed by atoms with E-state index in [2.05, 4.69) is 5.32 Å². The first-order valence-electron chi connectivity index (χ1n) is 8.56. The number of ether oxygens (including phenoxy) is 1. The van der Waals surface area contributed by atoms with E-state index in [4.69, 9.17) is 10.5 Å². The summed E-state index contributed by atoms with van der Waals surface area (Å²) in [6.45, 7) is 1.82. The molecule has 146 valence electrons. The van der Waals surface area contributed by atoms with Crippen molar-refractivity contribution in [3.63, 3.8) is 0 Å². The number of piperidine rings is 1. The standard InChI is InChI=1S/C18H26FN3O3.ClH/c1-25-16(11-20)10-17(23)22-8-6-14(7-9-22)18(24)21-12-13-2-4-15(19)5-3-13;/h2-5,14,16H,6-12,20H2,1H3,(H,21,24);1H. The minimum Gasteiger partial charge on any atom is -0.380 e. The summed E-state index contributed by atoms with van der Waals surface area (Å²) in [5, 5.41) is 2.88. The third-order valence-electron chi connectivity index (χ3n) is 4.60. The lowest BCUT2D eigenvalue weighted by atomic mass is 9.95. The molecule has 1 aromatic carbocycles. The number of carbonyl (C=O) groups is 2. The van der Waals surface area contributed by atoms with Crippen molar-refractivity contribution in [2.24, 2.45) is 11.7 Å². The predicted molar refractivity (Wildman–Crippen MR) is 99.3 cm³/mol. The molecule has 0 saturated carbocycles. The van der Waals surface area contributed by atoms with Gasteiger partial charge in [0.2, 0.25) is 11.8 Å². The Kier molecular flexibility index (Phi) is 9.54. The Bertz CT molecular complexity index is 574. The summed E-state index contributed by atoms with van der Waals surface area (Å²) in [5.41, 5.74) is 6.40. The Morgan fingerprint density at radius 1 is 1.31 bits per heavy atom. The Balaban J connectivity index is 0.00000338. The van der Waals surface area contributed by atoms with Gasteiger partial charge < -0.3 is 20.7 Å². The molecule has 2 amide bonds. The molecule has 1 fully saturated rings. The minimum absolute atomic E-state index is 0. The van der Waals surface area contributed by atoms with Crippen molar-refractivity contribution in [3.8, 4) is 0 Å². The van der Waals surface area contributed by atoms with Gasteiger partial charge in [0.05, 0.1) is 12.5 Å². The Hall–Kier alpha value is -1.70. The number of halogens is 2. The maximum atomic E-state index is 12.9. The molecule has 0 radical (unpaired) electrons. The van der Waals surface area contributed by atoms with Crippen LogP contribution in [0.2, 0.25) is 0 Å². The minimum atomic E-state index is -0.294. The molecule has 1 aliphatic rings. The Morgan fingerprint density at radius 2 is 1.92 bits per heavy atom. The molecular formula is C18H27ClFN3O3. The van der Waals surface area contributed by atoms with Crippen molar-refractivity contribution < 1.29 is 18.7 Å². The summed E-state index contributed by atoms with van der Waals surface area (Å²) in [6, 6.07) is 6.06. The van der Waals surface area contributed by atoms with Gasteiger partial charge in [-0.05, 0) is 30.5 Å². The normalized spacial score (nSPS) is 15.9. The average Bonchev–Trinajstić information content (AvgIpc) is 2.65. The number of methoxy groups -OCH3 is 1. The zero-order chi connectivity index (χ0) is 18.2. The van der Waals surface area contributed by atoms with Crippen molar-refractivity contribution >= 4 is 24.2 Å². The molecule has 1 atom stereocenters. The van der Waals surface area contributed by atoms with Gasteiger partial charge in [-0.1, -0.05) is 12.1 Å². The number of benzene rings is 1. The quantitative estimate of drug-likeness (QED) is 0.742. The molecule has 1 unspecified atom stereocenters. The van der Waals surface area contributed by atoms with Crippen molar-refractivity contribution in [2.45, 2.75) is 31.9 Å². The van der Waals surface area contributed by atoms with Gasteiger partial charge in [-0.25, -0.2) is 4.39 Å². The zero-order valence-corrected chi connectivity index (χ0v) is 15.8. The summed E-state index contributed by atoms with van der Waals surface area (Å²) >= 11 is 0. The van der Waals surface area contributed by atoms with Crippen LogP contribution in [0.5, 0.6) is 0 Å². The summed E-state index contributed by atoms with van der Waals surface area (Å²) in [5.74, 6) is -0.398. The van der Waals surface area contributed by atoms with E-state index < -0.39 is 0 Å². The number of nitrogens with two attached hydrogens (primary N) is 1. The highest BCUT2D eigenvalue weighted by Crippen LogP contribution is 2.19. The fourth-order valence-electron chi connectivity index (χ4n) is 2.91. The van der Waals surface area contributed by atoms with E-state index in [0.717, 1.165) is 5.56 Å². The van der Waals surface area contributed by atoms with Gasteiger partial charge in [-0.2, -0.15) is 0 Å². The van der Waals surface area contributed by atoms with E-state index in [1.165, 1.54) is 12.1 Å². The largest absolute Gasteiger partial charge is 0.380 e. The molecule has 0 aliphatic carbocycles. The van der Waals surface area contributed by atoms with E-state index in [1.54, 1.807) is 24.1 Å². The highest BCUT2D eigenvalue weighted by atomic mass is 35.5. The lowest BCUT2D eigenvalue weighted by molar-refractivity contribution is -0.137. The van der Waals surface area contributed by atoms with E-state index in [-0.39, 0.29) is 48.5 Å². The maximum Gasteiger partial charge on any atom is 0.225 e. The third kappa shape index (κ3) is 6.55. The first-order chi connectivity index (χ1) is 12.0. The lowest BCUT2D eigenvalue weighted by Crippen LogP contribution is -2.44. The average molecular weight is 388 g/mol. The van der Waals surface area contributed by atoms with E-state index in [9.17, 15) is 14.0 Å². The Morgan fingerprint density at radius 3 is 2.46 bits per heavy atom. The number of likely N-dealkylation sites (tertiary alicyclic amines) is 1. The van der Waals surface area contributed by atoms with Crippen LogP contribution in [0, 0.1) is 11.7 Å². The van der Waals surface area contributed by atoms with E-state index in [1.807, 2.05) is 0 Å². The third-order valence-corrected chi connectivity index (χ3v) is 4.60. The van der Waals surface area contributed by atoms with Crippen LogP contribution in [0.3, 0.4) is 0 Å². The van der Waals surface area contributed by atoms with Crippen LogP contribution in [0.25, 0.3) is 0 Å². The molecule has 1 aromatic rings. The van der Waals surface area contributed by atoms with Crippen LogP contribution in [0.15, 0.2) is 24.3 Å². The van der Waals surface area contributed by atoms with Gasteiger partial charge in [0, 0.05) is 39.2 Å². The molecule has 0 aromatic heterocycles. The molecule has 1 heterocycles. The second kappa shape index (κ2) is 11.1. The SMILES string of the molecule is COC(CN)CC(=O)N1CCC(C(=O)NCc2ccc(F)cc2)CC1.Cl. The topological polar surface area (TPSA) is 84.7 Å². The fraction of sp³-hybridized carbons (Fsp3) is 0.556. The molecule has 26 heavy (non-hydrogen) atoms. The molecule has 2 rings (SSSR count). The van der Waals surface area contributed by atoms with Crippen molar-refractivity contribution in [2.75, 3.05) is 26.7 Å². The second-order valence-electron chi connectivity index (χ2n) is 6.30. The zero-order valence-electron chi connectivity index (χ0n) is 14.9. The molecule has 3 N–H and O–H groups in total. The summed E-state index contributed by atoms with van der Waals surface area (Å²) in [7, 11) is 1.54. The molecule has 1 aliphatic heterocycles. The summed E-state index contributed by atoms with van der Waals surface area (Å²) in [6.07, 6.45) is 1.29. The van der Waals surface area contributed by atoms with Gasteiger partial charge in [0.25, 0.3) is 0 Å². The van der Waals surface area contributed by atoms with E-state index >= 15 is 0 Å². The predicted octanol–water partition coefficient (Wildman–Crippen LogP) is 1.47. The first kappa shape index (κ1) is 22.3.